The number of carbonyl (C=O) groups is 1. The first-order valence-electron chi connectivity index (χ1n) is 13.4. The van der Waals surface area contributed by atoms with E-state index in [-0.39, 0.29) is 23.6 Å². The van der Waals surface area contributed by atoms with Crippen molar-refractivity contribution >= 4 is 17.0 Å². The first-order valence-corrected chi connectivity index (χ1v) is 13.4. The Bertz CT molecular complexity index is 1260. The average molecular weight is 510 g/mol. The van der Waals surface area contributed by atoms with Crippen LogP contribution in [0.25, 0.3) is 22.4 Å². The standard InChI is InChI=1S/C29H39N3O5/c1-5-23(29(34)37-20(3)18-35-4)8-6-21-7-9-26-25(15-21)31-27(24-14-19(2)28(33)30-16-24)32(26)17-22-10-12-36-13-11-22/h7,9,14-16,20,22-23H,5-6,8,10-13,17-18H2,1-4H3,(H,30,33)/t20?,23-/m1/s1. The van der Waals surface area contributed by atoms with Crippen molar-refractivity contribution in [3.63, 3.8) is 0 Å². The number of ether oxygens (including phenoxy) is 3. The molecule has 0 radical (unpaired) electrons. The summed E-state index contributed by atoms with van der Waals surface area (Å²) in [6.45, 7) is 8.52. The molecule has 4 rings (SSSR count). The molecular weight excluding hydrogens is 470 g/mol. The number of carbonyl (C=O) groups excluding carboxylic acids is 1. The second-order valence-electron chi connectivity index (χ2n) is 10.2. The maximum atomic E-state index is 12.6. The Morgan fingerprint density at radius 2 is 2.05 bits per heavy atom. The number of aromatic amines is 1. The number of nitrogens with one attached hydrogen (secondary N) is 1. The van der Waals surface area contributed by atoms with Gasteiger partial charge in [-0.05, 0) is 75.6 Å². The van der Waals surface area contributed by atoms with Gasteiger partial charge in [0.05, 0.1) is 23.6 Å². The minimum atomic E-state index is -0.252. The third-order valence-electron chi connectivity index (χ3n) is 7.27. The maximum Gasteiger partial charge on any atom is 0.309 e. The molecule has 0 bridgehead atoms. The molecule has 3 heterocycles. The van der Waals surface area contributed by atoms with Gasteiger partial charge in [-0.15, -0.1) is 0 Å². The van der Waals surface area contributed by atoms with Gasteiger partial charge in [0.2, 0.25) is 0 Å². The fourth-order valence-corrected chi connectivity index (χ4v) is 5.04. The van der Waals surface area contributed by atoms with Gasteiger partial charge in [-0.3, -0.25) is 9.59 Å². The molecule has 0 saturated carbocycles. The van der Waals surface area contributed by atoms with Gasteiger partial charge in [0, 0.05) is 44.2 Å². The van der Waals surface area contributed by atoms with Gasteiger partial charge < -0.3 is 23.8 Å². The van der Waals surface area contributed by atoms with Crippen LogP contribution in [0.15, 0.2) is 35.3 Å². The summed E-state index contributed by atoms with van der Waals surface area (Å²) in [5.74, 6) is 1.07. The van der Waals surface area contributed by atoms with Crippen molar-refractivity contribution in [3.8, 4) is 11.4 Å². The van der Waals surface area contributed by atoms with Gasteiger partial charge in [-0.25, -0.2) is 4.98 Å². The highest BCUT2D eigenvalue weighted by Gasteiger charge is 2.22. The number of pyridine rings is 1. The SMILES string of the molecule is CC[C@H](CCc1ccc2c(c1)nc(-c1c[nH]c(=O)c(C)c1)n2CC1CCOCC1)C(=O)OC(C)COC. The second kappa shape index (κ2) is 12.5. The number of imidazole rings is 1. The minimum absolute atomic E-state index is 0.0845. The van der Waals surface area contributed by atoms with Crippen LogP contribution in [0.2, 0.25) is 0 Å². The summed E-state index contributed by atoms with van der Waals surface area (Å²) in [6.07, 6.45) is 5.77. The first-order chi connectivity index (χ1) is 17.9. The zero-order valence-corrected chi connectivity index (χ0v) is 22.4. The average Bonchev–Trinajstić information content (AvgIpc) is 3.24. The molecule has 8 heteroatoms. The number of methoxy groups -OCH3 is 1. The normalized spacial score (nSPS) is 16.1. The zero-order valence-electron chi connectivity index (χ0n) is 22.4. The molecule has 1 unspecified atom stereocenters. The molecule has 37 heavy (non-hydrogen) atoms. The van der Waals surface area contributed by atoms with E-state index in [1.54, 1.807) is 13.3 Å². The third kappa shape index (κ3) is 6.67. The number of nitrogens with zero attached hydrogens (tertiary/aromatic N) is 2. The Morgan fingerprint density at radius 1 is 1.27 bits per heavy atom. The number of aryl methyl sites for hydroxylation is 2. The number of benzene rings is 1. The van der Waals surface area contributed by atoms with Crippen LogP contribution in [0.5, 0.6) is 0 Å². The lowest BCUT2D eigenvalue weighted by Gasteiger charge is -2.23. The topological polar surface area (TPSA) is 95.4 Å². The molecule has 0 amide bonds. The van der Waals surface area contributed by atoms with Crippen molar-refractivity contribution in [3.05, 3.63) is 51.9 Å². The lowest BCUT2D eigenvalue weighted by atomic mass is 9.97. The van der Waals surface area contributed by atoms with Gasteiger partial charge in [0.25, 0.3) is 5.56 Å². The van der Waals surface area contributed by atoms with Gasteiger partial charge in [0.15, 0.2) is 0 Å². The zero-order chi connectivity index (χ0) is 26.4. The number of aromatic nitrogens is 3. The fraction of sp³-hybridized carbons (Fsp3) is 0.552. The largest absolute Gasteiger partial charge is 0.460 e. The van der Waals surface area contributed by atoms with Crippen molar-refractivity contribution in [2.45, 2.75) is 65.5 Å². The molecule has 1 aliphatic rings. The Kier molecular flexibility index (Phi) is 9.16. The number of rotatable bonds is 11. The molecule has 3 aromatic rings. The first kappa shape index (κ1) is 27.1. The van der Waals surface area contributed by atoms with Crippen molar-refractivity contribution in [1.29, 1.82) is 0 Å². The summed E-state index contributed by atoms with van der Waals surface area (Å²) in [7, 11) is 1.60. The molecule has 200 valence electrons. The van der Waals surface area contributed by atoms with Crippen molar-refractivity contribution in [1.82, 2.24) is 14.5 Å². The van der Waals surface area contributed by atoms with Crippen molar-refractivity contribution in [2.24, 2.45) is 11.8 Å². The molecule has 2 atom stereocenters. The molecular formula is C29H39N3O5. The predicted molar refractivity (Wildman–Crippen MR) is 144 cm³/mol. The predicted octanol–water partition coefficient (Wildman–Crippen LogP) is 4.66. The van der Waals surface area contributed by atoms with Crippen molar-refractivity contribution in [2.75, 3.05) is 26.9 Å². The van der Waals surface area contributed by atoms with Gasteiger partial charge in [0.1, 0.15) is 11.9 Å². The summed E-state index contributed by atoms with van der Waals surface area (Å²) in [5.41, 5.74) is 4.63. The number of esters is 1. The Hall–Kier alpha value is -2.97. The Labute approximate surface area is 218 Å². The molecule has 1 aromatic carbocycles. The highest BCUT2D eigenvalue weighted by molar-refractivity contribution is 5.81. The van der Waals surface area contributed by atoms with Crippen LogP contribution in [0.4, 0.5) is 0 Å². The van der Waals surface area contributed by atoms with E-state index in [9.17, 15) is 9.59 Å². The lowest BCUT2D eigenvalue weighted by Crippen LogP contribution is -2.25. The number of fused-ring (bicyclic) bond motifs is 1. The quantitative estimate of drug-likeness (QED) is 0.378. The molecule has 1 saturated heterocycles. The van der Waals surface area contributed by atoms with E-state index in [0.717, 1.165) is 79.8 Å². The van der Waals surface area contributed by atoms with Crippen molar-refractivity contribution < 1.29 is 19.0 Å². The van der Waals surface area contributed by atoms with Crippen LogP contribution in [0, 0.1) is 18.8 Å². The van der Waals surface area contributed by atoms with E-state index in [1.807, 2.05) is 26.8 Å². The summed E-state index contributed by atoms with van der Waals surface area (Å²) in [6, 6.07) is 8.31. The minimum Gasteiger partial charge on any atom is -0.460 e. The van der Waals surface area contributed by atoms with Gasteiger partial charge in [-0.1, -0.05) is 13.0 Å². The molecule has 0 spiro atoms. The summed E-state index contributed by atoms with van der Waals surface area (Å²) in [5, 5.41) is 0. The molecule has 1 N–H and O–H groups in total. The van der Waals surface area contributed by atoms with E-state index in [4.69, 9.17) is 19.2 Å². The van der Waals surface area contributed by atoms with Gasteiger partial charge in [-0.2, -0.15) is 0 Å². The molecule has 1 fully saturated rings. The fourth-order valence-electron chi connectivity index (χ4n) is 5.04. The summed E-state index contributed by atoms with van der Waals surface area (Å²) < 4.78 is 18.5. The third-order valence-corrected chi connectivity index (χ3v) is 7.27. The van der Waals surface area contributed by atoms with Crippen LogP contribution in [0.3, 0.4) is 0 Å². The molecule has 2 aromatic heterocycles. The van der Waals surface area contributed by atoms with Crippen LogP contribution in [-0.2, 0) is 32.0 Å². The molecule has 0 aliphatic carbocycles. The van der Waals surface area contributed by atoms with Crippen LogP contribution >= 0.6 is 0 Å². The van der Waals surface area contributed by atoms with E-state index in [0.29, 0.717) is 18.1 Å². The monoisotopic (exact) mass is 509 g/mol. The van der Waals surface area contributed by atoms with Crippen LogP contribution < -0.4 is 5.56 Å². The molecule has 8 nitrogen and oxygen atoms in total. The van der Waals surface area contributed by atoms with E-state index >= 15 is 0 Å². The smallest absolute Gasteiger partial charge is 0.309 e. The highest BCUT2D eigenvalue weighted by atomic mass is 16.6. The molecule has 1 aliphatic heterocycles. The van der Waals surface area contributed by atoms with Crippen LogP contribution in [-0.4, -0.2) is 53.5 Å². The maximum absolute atomic E-state index is 12.6. The van der Waals surface area contributed by atoms with Gasteiger partial charge >= 0.3 is 5.97 Å². The van der Waals surface area contributed by atoms with E-state index < -0.39 is 0 Å². The lowest BCUT2D eigenvalue weighted by molar-refractivity contribution is -0.155. The number of hydrogen-bond acceptors (Lipinski definition) is 6. The summed E-state index contributed by atoms with van der Waals surface area (Å²) >= 11 is 0. The number of H-pyrrole nitrogens is 1. The second-order valence-corrected chi connectivity index (χ2v) is 10.2. The number of hydrogen-bond donors (Lipinski definition) is 1. The van der Waals surface area contributed by atoms with E-state index in [2.05, 4.69) is 27.8 Å². The Balaban J connectivity index is 1.58. The summed E-state index contributed by atoms with van der Waals surface area (Å²) in [4.78, 5) is 32.5. The Morgan fingerprint density at radius 3 is 2.76 bits per heavy atom. The highest BCUT2D eigenvalue weighted by Crippen LogP contribution is 2.29. The van der Waals surface area contributed by atoms with E-state index in [1.165, 1.54) is 0 Å². The van der Waals surface area contributed by atoms with Crippen LogP contribution in [0.1, 0.15) is 50.7 Å².